The SMILES string of the molecule is O=C(Nc1ccc(Cl)c(Cl)c1)C1CCN(S(=O)(=O)Cc2ccc(Cl)c(Cl)c2)CC1. The fraction of sp³-hybridized carbons (Fsp3) is 0.316. The number of carbonyl (C=O) groups excluding carboxylic acids is 1. The van der Waals surface area contributed by atoms with E-state index >= 15 is 0 Å². The quantitative estimate of drug-likeness (QED) is 0.597. The lowest BCUT2D eigenvalue weighted by atomic mass is 9.97. The minimum Gasteiger partial charge on any atom is -0.326 e. The molecule has 0 saturated carbocycles. The number of hydrogen-bond donors (Lipinski definition) is 1. The first-order chi connectivity index (χ1) is 13.7. The second kappa shape index (κ2) is 9.41. The number of halogens is 4. The van der Waals surface area contributed by atoms with E-state index in [1.54, 1.807) is 36.4 Å². The molecule has 2 aromatic rings. The second-order valence-corrected chi connectivity index (χ2v) is 10.4. The Morgan fingerprint density at radius 3 is 2.10 bits per heavy atom. The standard InChI is InChI=1S/C19H18Cl4N2O3S/c20-15-3-1-12(9-17(15)22)11-29(27,28)25-7-5-13(6-8-25)19(26)24-14-2-4-16(21)18(23)10-14/h1-4,9-10,13H,5-8,11H2,(H,24,26). The molecule has 1 aliphatic heterocycles. The lowest BCUT2D eigenvalue weighted by molar-refractivity contribution is -0.120. The van der Waals surface area contributed by atoms with Gasteiger partial charge >= 0.3 is 0 Å². The third-order valence-electron chi connectivity index (χ3n) is 4.74. The third kappa shape index (κ3) is 5.78. The summed E-state index contributed by atoms with van der Waals surface area (Å²) < 4.78 is 26.8. The van der Waals surface area contributed by atoms with Gasteiger partial charge in [0.25, 0.3) is 0 Å². The van der Waals surface area contributed by atoms with Crippen molar-refractivity contribution in [3.63, 3.8) is 0 Å². The number of nitrogens with zero attached hydrogens (tertiary/aromatic N) is 1. The van der Waals surface area contributed by atoms with Gasteiger partial charge in [-0.15, -0.1) is 0 Å². The molecule has 1 saturated heterocycles. The highest BCUT2D eigenvalue weighted by atomic mass is 35.5. The Morgan fingerprint density at radius 1 is 0.931 bits per heavy atom. The lowest BCUT2D eigenvalue weighted by Crippen LogP contribution is -2.41. The monoisotopic (exact) mass is 494 g/mol. The van der Waals surface area contributed by atoms with Crippen LogP contribution in [-0.2, 0) is 20.6 Å². The van der Waals surface area contributed by atoms with E-state index in [0.29, 0.717) is 44.2 Å². The van der Waals surface area contributed by atoms with Gasteiger partial charge in [0.1, 0.15) is 0 Å². The summed E-state index contributed by atoms with van der Waals surface area (Å²) in [6, 6.07) is 9.63. The number of amides is 1. The summed E-state index contributed by atoms with van der Waals surface area (Å²) in [7, 11) is -3.52. The summed E-state index contributed by atoms with van der Waals surface area (Å²) in [4.78, 5) is 12.5. The molecule has 1 aliphatic rings. The van der Waals surface area contributed by atoms with Crippen molar-refractivity contribution in [3.8, 4) is 0 Å². The van der Waals surface area contributed by atoms with Crippen molar-refractivity contribution in [2.45, 2.75) is 18.6 Å². The molecule has 0 atom stereocenters. The zero-order valence-electron chi connectivity index (χ0n) is 15.2. The van der Waals surface area contributed by atoms with Crippen LogP contribution in [0, 0.1) is 5.92 Å². The van der Waals surface area contributed by atoms with Crippen molar-refractivity contribution >= 4 is 68.0 Å². The van der Waals surface area contributed by atoms with Gasteiger partial charge < -0.3 is 5.32 Å². The summed E-state index contributed by atoms with van der Waals surface area (Å²) in [5.41, 5.74) is 1.12. The first kappa shape index (κ1) is 22.7. The molecule has 10 heteroatoms. The van der Waals surface area contributed by atoms with E-state index < -0.39 is 10.0 Å². The molecule has 0 spiro atoms. The van der Waals surface area contributed by atoms with Crippen molar-refractivity contribution in [2.24, 2.45) is 5.92 Å². The number of hydrogen-bond acceptors (Lipinski definition) is 3. The summed E-state index contributed by atoms with van der Waals surface area (Å²) in [5, 5.41) is 4.26. The Morgan fingerprint density at radius 2 is 1.52 bits per heavy atom. The van der Waals surface area contributed by atoms with Gasteiger partial charge in [-0.2, -0.15) is 0 Å². The zero-order chi connectivity index (χ0) is 21.2. The van der Waals surface area contributed by atoms with Crippen LogP contribution in [-0.4, -0.2) is 31.7 Å². The van der Waals surface area contributed by atoms with Gasteiger partial charge in [-0.05, 0) is 48.7 Å². The van der Waals surface area contributed by atoms with Gasteiger partial charge in [0.15, 0.2) is 0 Å². The molecule has 3 rings (SSSR count). The Hall–Kier alpha value is -1.02. The number of carbonyl (C=O) groups is 1. The van der Waals surface area contributed by atoms with E-state index in [1.165, 1.54) is 4.31 Å². The predicted molar refractivity (Wildman–Crippen MR) is 118 cm³/mol. The lowest BCUT2D eigenvalue weighted by Gasteiger charge is -2.30. The van der Waals surface area contributed by atoms with Crippen LogP contribution < -0.4 is 5.32 Å². The first-order valence-electron chi connectivity index (χ1n) is 8.83. The van der Waals surface area contributed by atoms with Gasteiger partial charge in [-0.1, -0.05) is 52.5 Å². The number of nitrogens with one attached hydrogen (secondary N) is 1. The molecule has 0 radical (unpaired) electrons. The predicted octanol–water partition coefficient (Wildman–Crippen LogP) is 5.48. The largest absolute Gasteiger partial charge is 0.326 e. The highest BCUT2D eigenvalue weighted by Gasteiger charge is 2.31. The minimum atomic E-state index is -3.52. The fourth-order valence-corrected chi connectivity index (χ4v) is 5.31. The van der Waals surface area contributed by atoms with Crippen LogP contribution in [0.3, 0.4) is 0 Å². The Balaban J connectivity index is 1.57. The van der Waals surface area contributed by atoms with Crippen molar-refractivity contribution in [1.29, 1.82) is 0 Å². The van der Waals surface area contributed by atoms with Gasteiger partial charge in [-0.3, -0.25) is 4.79 Å². The number of rotatable bonds is 5. The van der Waals surface area contributed by atoms with E-state index in [2.05, 4.69) is 5.32 Å². The number of anilines is 1. The maximum atomic E-state index is 12.7. The molecule has 1 amide bonds. The molecule has 5 nitrogen and oxygen atoms in total. The van der Waals surface area contributed by atoms with E-state index in [1.807, 2.05) is 0 Å². The molecule has 0 bridgehead atoms. The van der Waals surface area contributed by atoms with Gasteiger partial charge in [0, 0.05) is 24.7 Å². The van der Waals surface area contributed by atoms with E-state index in [0.717, 1.165) is 0 Å². The van der Waals surface area contributed by atoms with Crippen LogP contribution in [0.4, 0.5) is 5.69 Å². The summed E-state index contributed by atoms with van der Waals surface area (Å²) in [5.74, 6) is -0.602. The highest BCUT2D eigenvalue weighted by molar-refractivity contribution is 7.88. The number of piperidine rings is 1. The molecular weight excluding hydrogens is 478 g/mol. The van der Waals surface area contributed by atoms with E-state index in [-0.39, 0.29) is 30.7 Å². The average Bonchev–Trinajstić information content (AvgIpc) is 2.67. The maximum Gasteiger partial charge on any atom is 0.227 e. The number of benzene rings is 2. The molecule has 0 aromatic heterocycles. The molecule has 2 aromatic carbocycles. The molecule has 1 fully saturated rings. The first-order valence-corrected chi connectivity index (χ1v) is 12.0. The topological polar surface area (TPSA) is 66.5 Å². The number of sulfonamides is 1. The van der Waals surface area contributed by atoms with Crippen LogP contribution in [0.1, 0.15) is 18.4 Å². The molecular formula is C19H18Cl4N2O3S. The Kier molecular flexibility index (Phi) is 7.36. The molecule has 1 heterocycles. The Bertz CT molecular complexity index is 1020. The summed E-state index contributed by atoms with van der Waals surface area (Å²) in [6.45, 7) is 0.562. The van der Waals surface area contributed by atoms with Gasteiger partial charge in [-0.25, -0.2) is 12.7 Å². The van der Waals surface area contributed by atoms with Crippen molar-refractivity contribution in [1.82, 2.24) is 4.31 Å². The average molecular weight is 496 g/mol. The Labute approximate surface area is 189 Å². The highest BCUT2D eigenvalue weighted by Crippen LogP contribution is 2.28. The third-order valence-corrected chi connectivity index (χ3v) is 8.07. The molecule has 0 unspecified atom stereocenters. The minimum absolute atomic E-state index is 0.162. The van der Waals surface area contributed by atoms with Crippen LogP contribution in [0.5, 0.6) is 0 Å². The smallest absolute Gasteiger partial charge is 0.227 e. The fourth-order valence-electron chi connectivity index (χ4n) is 3.15. The summed E-state index contributed by atoms with van der Waals surface area (Å²) in [6.07, 6.45) is 0.877. The van der Waals surface area contributed by atoms with Crippen LogP contribution in [0.15, 0.2) is 36.4 Å². The zero-order valence-corrected chi connectivity index (χ0v) is 19.0. The maximum absolute atomic E-state index is 12.7. The van der Waals surface area contributed by atoms with Gasteiger partial charge in [0.2, 0.25) is 15.9 Å². The van der Waals surface area contributed by atoms with Crippen molar-refractivity contribution < 1.29 is 13.2 Å². The molecule has 156 valence electrons. The van der Waals surface area contributed by atoms with Gasteiger partial charge in [0.05, 0.1) is 25.8 Å². The van der Waals surface area contributed by atoms with Crippen molar-refractivity contribution in [2.75, 3.05) is 18.4 Å². The van der Waals surface area contributed by atoms with E-state index in [9.17, 15) is 13.2 Å². The van der Waals surface area contributed by atoms with Crippen LogP contribution >= 0.6 is 46.4 Å². The van der Waals surface area contributed by atoms with E-state index in [4.69, 9.17) is 46.4 Å². The molecule has 29 heavy (non-hydrogen) atoms. The second-order valence-electron chi connectivity index (χ2n) is 6.80. The molecule has 1 N–H and O–H groups in total. The molecule has 0 aliphatic carbocycles. The van der Waals surface area contributed by atoms with Crippen LogP contribution in [0.25, 0.3) is 0 Å². The normalized spacial score (nSPS) is 16.0. The summed E-state index contributed by atoms with van der Waals surface area (Å²) >= 11 is 23.7. The van der Waals surface area contributed by atoms with Crippen molar-refractivity contribution in [3.05, 3.63) is 62.1 Å². The van der Waals surface area contributed by atoms with Crippen LogP contribution in [0.2, 0.25) is 20.1 Å².